The Morgan fingerprint density at radius 3 is 2.23 bits per heavy atom. The Bertz CT molecular complexity index is 812. The summed E-state index contributed by atoms with van der Waals surface area (Å²) in [5.41, 5.74) is 4.94. The second kappa shape index (κ2) is 5.85. The maximum atomic E-state index is 12.2. The molecular weight excluding hydrogens is 326 g/mol. The Labute approximate surface area is 153 Å². The summed E-state index contributed by atoms with van der Waals surface area (Å²) in [6.07, 6.45) is 3.38. The van der Waals surface area contributed by atoms with Crippen molar-refractivity contribution >= 4 is 6.09 Å². The highest BCUT2D eigenvalue weighted by Crippen LogP contribution is 2.55. The van der Waals surface area contributed by atoms with Crippen LogP contribution in [0.1, 0.15) is 42.7 Å². The molecule has 0 saturated heterocycles. The van der Waals surface area contributed by atoms with Crippen molar-refractivity contribution in [2.75, 3.05) is 6.61 Å². The second-order valence-corrected chi connectivity index (χ2v) is 7.94. The fourth-order valence-corrected chi connectivity index (χ4v) is 4.99. The third-order valence-corrected chi connectivity index (χ3v) is 6.63. The van der Waals surface area contributed by atoms with Crippen LogP contribution in [0.5, 0.6) is 0 Å². The van der Waals surface area contributed by atoms with Gasteiger partial charge in [-0.15, -0.1) is 0 Å². The first-order chi connectivity index (χ1) is 12.7. The maximum Gasteiger partial charge on any atom is 0.407 e. The van der Waals surface area contributed by atoms with Crippen LogP contribution in [0.3, 0.4) is 0 Å². The number of rotatable bonds is 3. The number of fused-ring (bicyclic) bond motifs is 3. The lowest BCUT2D eigenvalue weighted by molar-refractivity contribution is -0.139. The lowest BCUT2D eigenvalue weighted by atomic mass is 9.52. The van der Waals surface area contributed by atoms with Gasteiger partial charge in [0, 0.05) is 11.3 Å². The first kappa shape index (κ1) is 15.9. The molecular formula is C22H23NO3. The molecule has 0 aliphatic heterocycles. The number of benzene rings is 2. The summed E-state index contributed by atoms with van der Waals surface area (Å²) in [6, 6.07) is 16.4. The molecule has 2 aromatic carbocycles. The molecule has 2 unspecified atom stereocenters. The van der Waals surface area contributed by atoms with E-state index < -0.39 is 12.2 Å². The molecule has 2 saturated carbocycles. The standard InChI is InChI=1S/C22H23NO3/c24-20-19(12-22(20)10-5-11-22)23-21(25)26-13-18-16-8-3-1-6-14(16)15-7-2-4-9-17(15)18/h1-4,6-9,18-20,24H,5,10-13H2,(H,23,25). The number of aliphatic hydroxyl groups is 1. The zero-order valence-corrected chi connectivity index (χ0v) is 14.7. The Balaban J connectivity index is 1.25. The second-order valence-electron chi connectivity index (χ2n) is 7.94. The van der Waals surface area contributed by atoms with Gasteiger partial charge in [-0.2, -0.15) is 0 Å². The predicted molar refractivity (Wildman–Crippen MR) is 98.9 cm³/mol. The van der Waals surface area contributed by atoms with E-state index in [9.17, 15) is 9.90 Å². The van der Waals surface area contributed by atoms with Gasteiger partial charge in [-0.05, 0) is 41.5 Å². The number of ether oxygens (including phenoxy) is 1. The van der Waals surface area contributed by atoms with Gasteiger partial charge in [-0.25, -0.2) is 4.79 Å². The van der Waals surface area contributed by atoms with Crippen molar-refractivity contribution in [3.8, 4) is 11.1 Å². The smallest absolute Gasteiger partial charge is 0.407 e. The van der Waals surface area contributed by atoms with Gasteiger partial charge in [0.15, 0.2) is 0 Å². The van der Waals surface area contributed by atoms with Crippen LogP contribution in [0, 0.1) is 5.41 Å². The number of nitrogens with one attached hydrogen (secondary N) is 1. The summed E-state index contributed by atoms with van der Waals surface area (Å²) in [5.74, 6) is 0.0671. The topological polar surface area (TPSA) is 58.6 Å². The van der Waals surface area contributed by atoms with Gasteiger partial charge < -0.3 is 15.2 Å². The normalized spacial score (nSPS) is 25.0. The van der Waals surface area contributed by atoms with Crippen molar-refractivity contribution in [2.24, 2.45) is 5.41 Å². The molecule has 4 nitrogen and oxygen atoms in total. The molecule has 1 amide bonds. The SMILES string of the molecule is O=C(NC1CC2(CCC2)C1O)OCC1c2ccccc2-c2ccccc21. The van der Waals surface area contributed by atoms with Crippen LogP contribution in [0.15, 0.2) is 48.5 Å². The van der Waals surface area contributed by atoms with E-state index in [1.165, 1.54) is 28.7 Å². The molecule has 5 rings (SSSR count). The van der Waals surface area contributed by atoms with Crippen LogP contribution in [0.25, 0.3) is 11.1 Å². The highest BCUT2D eigenvalue weighted by Gasteiger charge is 2.56. The molecule has 2 N–H and O–H groups in total. The fourth-order valence-electron chi connectivity index (χ4n) is 4.99. The Morgan fingerprint density at radius 1 is 1.08 bits per heavy atom. The molecule has 0 heterocycles. The van der Waals surface area contributed by atoms with E-state index in [1.54, 1.807) is 0 Å². The molecule has 2 atom stereocenters. The van der Waals surface area contributed by atoms with Gasteiger partial charge >= 0.3 is 6.09 Å². The number of hydrogen-bond donors (Lipinski definition) is 2. The first-order valence-electron chi connectivity index (χ1n) is 9.48. The van der Waals surface area contributed by atoms with Gasteiger partial charge in [0.25, 0.3) is 0 Å². The monoisotopic (exact) mass is 349 g/mol. The van der Waals surface area contributed by atoms with Crippen molar-refractivity contribution in [1.29, 1.82) is 0 Å². The number of aliphatic hydroxyl groups excluding tert-OH is 1. The van der Waals surface area contributed by atoms with Gasteiger partial charge in [0.05, 0.1) is 12.1 Å². The minimum atomic E-state index is -0.426. The summed E-state index contributed by atoms with van der Waals surface area (Å²) in [6.45, 7) is 0.313. The van der Waals surface area contributed by atoms with Crippen molar-refractivity contribution in [2.45, 2.75) is 43.7 Å². The highest BCUT2D eigenvalue weighted by molar-refractivity contribution is 5.79. The summed E-state index contributed by atoms with van der Waals surface area (Å²) in [5, 5.41) is 13.1. The fraction of sp³-hybridized carbons (Fsp3) is 0.409. The van der Waals surface area contributed by atoms with Gasteiger partial charge in [-0.3, -0.25) is 0 Å². The Hall–Kier alpha value is -2.33. The third kappa shape index (κ3) is 2.28. The van der Waals surface area contributed by atoms with Crippen LogP contribution in [0.2, 0.25) is 0 Å². The largest absolute Gasteiger partial charge is 0.449 e. The summed E-state index contributed by atoms with van der Waals surface area (Å²) >= 11 is 0. The third-order valence-electron chi connectivity index (χ3n) is 6.63. The number of hydrogen-bond acceptors (Lipinski definition) is 3. The number of alkyl carbamates (subject to hydrolysis) is 1. The highest BCUT2D eigenvalue weighted by atomic mass is 16.5. The average molecular weight is 349 g/mol. The summed E-state index contributed by atoms with van der Waals surface area (Å²) < 4.78 is 5.55. The molecule has 134 valence electrons. The maximum absolute atomic E-state index is 12.2. The van der Waals surface area contributed by atoms with E-state index in [1.807, 2.05) is 24.3 Å². The van der Waals surface area contributed by atoms with Crippen molar-refractivity contribution in [1.82, 2.24) is 5.32 Å². The molecule has 0 aromatic heterocycles. The minimum absolute atomic E-state index is 0.0671. The predicted octanol–water partition coefficient (Wildman–Crippen LogP) is 3.83. The Morgan fingerprint density at radius 2 is 1.69 bits per heavy atom. The minimum Gasteiger partial charge on any atom is -0.449 e. The number of carbonyl (C=O) groups excluding carboxylic acids is 1. The number of amides is 1. The molecule has 0 radical (unpaired) electrons. The molecule has 4 heteroatoms. The Kier molecular flexibility index (Phi) is 3.57. The molecule has 3 aliphatic rings. The first-order valence-corrected chi connectivity index (χ1v) is 9.48. The number of carbonyl (C=O) groups is 1. The molecule has 26 heavy (non-hydrogen) atoms. The lowest BCUT2D eigenvalue weighted by Gasteiger charge is -2.57. The molecule has 0 bridgehead atoms. The van der Waals surface area contributed by atoms with Gasteiger partial charge in [0.2, 0.25) is 0 Å². The summed E-state index contributed by atoms with van der Waals surface area (Å²) in [7, 11) is 0. The molecule has 2 aromatic rings. The van der Waals surface area contributed by atoms with Gasteiger partial charge in [0.1, 0.15) is 6.61 Å². The lowest BCUT2D eigenvalue weighted by Crippen LogP contribution is -2.65. The van der Waals surface area contributed by atoms with Crippen molar-refractivity contribution in [3.63, 3.8) is 0 Å². The van der Waals surface area contributed by atoms with Crippen LogP contribution in [-0.4, -0.2) is 30.0 Å². The average Bonchev–Trinajstić information content (AvgIpc) is 2.95. The van der Waals surface area contributed by atoms with Crippen LogP contribution in [-0.2, 0) is 4.74 Å². The van der Waals surface area contributed by atoms with E-state index in [4.69, 9.17) is 4.74 Å². The molecule has 2 fully saturated rings. The quantitative estimate of drug-likeness (QED) is 0.885. The van der Waals surface area contributed by atoms with E-state index in [0.29, 0.717) is 6.61 Å². The van der Waals surface area contributed by atoms with E-state index in [2.05, 4.69) is 29.6 Å². The van der Waals surface area contributed by atoms with Crippen LogP contribution < -0.4 is 5.32 Å². The molecule has 3 aliphatic carbocycles. The van der Waals surface area contributed by atoms with E-state index >= 15 is 0 Å². The van der Waals surface area contributed by atoms with Crippen LogP contribution in [0.4, 0.5) is 4.79 Å². The zero-order valence-electron chi connectivity index (χ0n) is 14.7. The van der Waals surface area contributed by atoms with Gasteiger partial charge in [-0.1, -0.05) is 55.0 Å². The van der Waals surface area contributed by atoms with E-state index in [-0.39, 0.29) is 17.4 Å². The molecule has 1 spiro atoms. The van der Waals surface area contributed by atoms with Crippen molar-refractivity contribution < 1.29 is 14.6 Å². The van der Waals surface area contributed by atoms with Crippen LogP contribution >= 0.6 is 0 Å². The summed E-state index contributed by atoms with van der Waals surface area (Å²) in [4.78, 5) is 12.2. The zero-order chi connectivity index (χ0) is 17.7. The van der Waals surface area contributed by atoms with E-state index in [0.717, 1.165) is 19.3 Å². The van der Waals surface area contributed by atoms with Crippen molar-refractivity contribution in [3.05, 3.63) is 59.7 Å².